The lowest BCUT2D eigenvalue weighted by atomic mass is 9.88. The van der Waals surface area contributed by atoms with Crippen molar-refractivity contribution in [2.45, 2.75) is 38.9 Å². The molecule has 1 aliphatic heterocycles. The zero-order chi connectivity index (χ0) is 17.0. The largest absolute Gasteiger partial charge is 0.417 e. The lowest BCUT2D eigenvalue weighted by Gasteiger charge is -2.39. The van der Waals surface area contributed by atoms with Crippen molar-refractivity contribution < 1.29 is 13.2 Å². The third-order valence-corrected chi connectivity index (χ3v) is 4.79. The average molecular weight is 349 g/mol. The van der Waals surface area contributed by atoms with Gasteiger partial charge in [-0.25, -0.2) is 0 Å². The van der Waals surface area contributed by atoms with Crippen molar-refractivity contribution in [3.63, 3.8) is 0 Å². The van der Waals surface area contributed by atoms with Gasteiger partial charge in [-0.3, -0.25) is 4.90 Å². The van der Waals surface area contributed by atoms with E-state index in [0.717, 1.165) is 39.0 Å². The summed E-state index contributed by atoms with van der Waals surface area (Å²) in [5, 5.41) is 3.06. The Morgan fingerprint density at radius 1 is 1.26 bits per heavy atom. The van der Waals surface area contributed by atoms with Crippen LogP contribution in [0.4, 0.5) is 13.2 Å². The second-order valence-electron chi connectivity index (χ2n) is 6.23. The normalized spacial score (nSPS) is 19.6. The van der Waals surface area contributed by atoms with E-state index in [4.69, 9.17) is 11.6 Å². The minimum atomic E-state index is -4.42. The van der Waals surface area contributed by atoms with Gasteiger partial charge in [0.1, 0.15) is 0 Å². The van der Waals surface area contributed by atoms with Gasteiger partial charge in [0.25, 0.3) is 0 Å². The van der Waals surface area contributed by atoms with E-state index in [0.29, 0.717) is 11.5 Å². The Morgan fingerprint density at radius 3 is 2.48 bits per heavy atom. The van der Waals surface area contributed by atoms with Gasteiger partial charge in [-0.2, -0.15) is 13.2 Å². The van der Waals surface area contributed by atoms with E-state index >= 15 is 0 Å². The monoisotopic (exact) mass is 348 g/mol. The van der Waals surface area contributed by atoms with Crippen LogP contribution in [0.5, 0.6) is 0 Å². The fourth-order valence-corrected chi connectivity index (χ4v) is 3.64. The molecule has 1 fully saturated rings. The molecule has 0 amide bonds. The van der Waals surface area contributed by atoms with Gasteiger partial charge in [-0.1, -0.05) is 37.9 Å². The third-order valence-electron chi connectivity index (χ3n) is 4.47. The fourth-order valence-electron chi connectivity index (χ4n) is 3.42. The third kappa shape index (κ3) is 4.61. The number of alkyl halides is 3. The number of nitrogens with zero attached hydrogens (tertiary/aromatic N) is 1. The molecule has 23 heavy (non-hydrogen) atoms. The van der Waals surface area contributed by atoms with E-state index in [-0.39, 0.29) is 11.1 Å². The van der Waals surface area contributed by atoms with E-state index in [1.807, 2.05) is 0 Å². The lowest BCUT2D eigenvalue weighted by molar-refractivity contribution is -0.137. The van der Waals surface area contributed by atoms with Crippen LogP contribution in [0.15, 0.2) is 18.2 Å². The maximum Gasteiger partial charge on any atom is 0.417 e. The molecular weight excluding hydrogens is 325 g/mol. The Hall–Kier alpha value is -0.780. The Labute approximate surface area is 141 Å². The summed E-state index contributed by atoms with van der Waals surface area (Å²) < 4.78 is 39.5. The smallest absolute Gasteiger partial charge is 0.314 e. The first kappa shape index (κ1) is 18.6. The molecule has 1 saturated heterocycles. The maximum absolute atomic E-state index is 13.2. The standard InChI is InChI=1S/C17H24ClF3N2/c1-3-4-12(2)16(23-9-7-22-8-10-23)13-5-6-15(18)14(11-13)17(19,20)21/h5-6,11-12,16,22H,3-4,7-10H2,1-2H3/t12?,16-/m1/s1. The summed E-state index contributed by atoms with van der Waals surface area (Å²) in [6, 6.07) is 4.36. The predicted molar refractivity (Wildman–Crippen MR) is 87.7 cm³/mol. The fraction of sp³-hybridized carbons (Fsp3) is 0.647. The Kier molecular flexibility index (Phi) is 6.34. The second-order valence-corrected chi connectivity index (χ2v) is 6.64. The zero-order valence-corrected chi connectivity index (χ0v) is 14.3. The van der Waals surface area contributed by atoms with E-state index < -0.39 is 11.7 Å². The lowest BCUT2D eigenvalue weighted by Crippen LogP contribution is -2.46. The Bertz CT molecular complexity index is 513. The van der Waals surface area contributed by atoms with Gasteiger partial charge in [-0.05, 0) is 30.0 Å². The minimum Gasteiger partial charge on any atom is -0.314 e. The maximum atomic E-state index is 13.2. The van der Waals surface area contributed by atoms with E-state index in [1.54, 1.807) is 6.07 Å². The first-order chi connectivity index (χ1) is 10.8. The first-order valence-corrected chi connectivity index (χ1v) is 8.53. The van der Waals surface area contributed by atoms with Gasteiger partial charge in [0, 0.05) is 32.2 Å². The van der Waals surface area contributed by atoms with Crippen molar-refractivity contribution in [1.82, 2.24) is 10.2 Å². The minimum absolute atomic E-state index is 0.00424. The highest BCUT2D eigenvalue weighted by molar-refractivity contribution is 6.31. The molecule has 0 aliphatic carbocycles. The molecule has 0 saturated carbocycles. The van der Waals surface area contributed by atoms with Crippen molar-refractivity contribution in [2.24, 2.45) is 5.92 Å². The Morgan fingerprint density at radius 2 is 1.91 bits per heavy atom. The number of piperazine rings is 1. The molecule has 2 rings (SSSR count). The van der Waals surface area contributed by atoms with Crippen LogP contribution < -0.4 is 5.32 Å². The highest BCUT2D eigenvalue weighted by Gasteiger charge is 2.35. The molecule has 6 heteroatoms. The molecule has 0 spiro atoms. The molecule has 0 bridgehead atoms. The first-order valence-electron chi connectivity index (χ1n) is 8.16. The summed E-state index contributed by atoms with van der Waals surface area (Å²) in [7, 11) is 0. The number of hydrogen-bond acceptors (Lipinski definition) is 2. The molecule has 1 N–H and O–H groups in total. The van der Waals surface area contributed by atoms with E-state index in [2.05, 4.69) is 24.1 Å². The molecule has 1 heterocycles. The molecule has 1 aromatic carbocycles. The number of benzene rings is 1. The summed E-state index contributed by atoms with van der Waals surface area (Å²) in [5.41, 5.74) is -0.0231. The summed E-state index contributed by atoms with van der Waals surface area (Å²) in [4.78, 5) is 2.29. The SMILES string of the molecule is CCCC(C)[C@H](c1ccc(Cl)c(C(F)(F)F)c1)N1CCNCC1. The van der Waals surface area contributed by atoms with Crippen LogP contribution in [0.2, 0.25) is 5.02 Å². The zero-order valence-electron chi connectivity index (χ0n) is 13.6. The van der Waals surface area contributed by atoms with E-state index in [9.17, 15) is 13.2 Å². The molecule has 0 radical (unpaired) electrons. The van der Waals surface area contributed by atoms with Crippen LogP contribution in [0, 0.1) is 5.92 Å². The number of rotatable bonds is 5. The van der Waals surface area contributed by atoms with Gasteiger partial charge in [0.2, 0.25) is 0 Å². The highest BCUT2D eigenvalue weighted by atomic mass is 35.5. The van der Waals surface area contributed by atoms with Crippen LogP contribution >= 0.6 is 11.6 Å². The van der Waals surface area contributed by atoms with Crippen molar-refractivity contribution in [3.05, 3.63) is 34.3 Å². The van der Waals surface area contributed by atoms with Gasteiger partial charge in [0.15, 0.2) is 0 Å². The number of hydrogen-bond donors (Lipinski definition) is 1. The molecule has 2 nitrogen and oxygen atoms in total. The number of nitrogens with one attached hydrogen (secondary N) is 1. The second kappa shape index (κ2) is 7.86. The highest BCUT2D eigenvalue weighted by Crippen LogP contribution is 2.39. The summed E-state index contributed by atoms with van der Waals surface area (Å²) in [6.07, 6.45) is -2.42. The quantitative estimate of drug-likeness (QED) is 0.826. The molecule has 1 unspecified atom stereocenters. The number of halogens is 4. The summed E-state index contributed by atoms with van der Waals surface area (Å²) >= 11 is 5.77. The van der Waals surface area contributed by atoms with Crippen LogP contribution in [-0.4, -0.2) is 31.1 Å². The molecule has 0 aromatic heterocycles. The van der Waals surface area contributed by atoms with Crippen molar-refractivity contribution in [1.29, 1.82) is 0 Å². The van der Waals surface area contributed by atoms with Crippen molar-refractivity contribution in [2.75, 3.05) is 26.2 Å². The Balaban J connectivity index is 2.38. The van der Waals surface area contributed by atoms with Crippen molar-refractivity contribution in [3.8, 4) is 0 Å². The average Bonchev–Trinajstić information content (AvgIpc) is 2.49. The molecular formula is C17H24ClF3N2. The predicted octanol–water partition coefficient (Wildman–Crippen LogP) is 4.74. The van der Waals surface area contributed by atoms with Crippen molar-refractivity contribution >= 4 is 11.6 Å². The van der Waals surface area contributed by atoms with Crippen LogP contribution in [0.25, 0.3) is 0 Å². The van der Waals surface area contributed by atoms with Gasteiger partial charge in [-0.15, -0.1) is 0 Å². The summed E-state index contributed by atoms with van der Waals surface area (Å²) in [6.45, 7) is 7.67. The molecule has 2 atom stereocenters. The molecule has 130 valence electrons. The summed E-state index contributed by atoms with van der Waals surface area (Å²) in [5.74, 6) is 0.292. The van der Waals surface area contributed by atoms with E-state index in [1.165, 1.54) is 12.1 Å². The molecule has 1 aliphatic rings. The van der Waals surface area contributed by atoms with Crippen LogP contribution in [-0.2, 0) is 6.18 Å². The van der Waals surface area contributed by atoms with Gasteiger partial charge >= 0.3 is 6.18 Å². The van der Waals surface area contributed by atoms with Gasteiger partial charge in [0.05, 0.1) is 10.6 Å². The molecule has 1 aromatic rings. The van der Waals surface area contributed by atoms with Crippen LogP contribution in [0.1, 0.15) is 43.9 Å². The topological polar surface area (TPSA) is 15.3 Å². The van der Waals surface area contributed by atoms with Gasteiger partial charge < -0.3 is 5.32 Å². The van der Waals surface area contributed by atoms with Crippen LogP contribution in [0.3, 0.4) is 0 Å².